The number of halogens is 2. The molecule has 1 aromatic rings. The Labute approximate surface area is 88.2 Å². The molecule has 0 aliphatic carbocycles. The molecule has 0 aliphatic heterocycles. The van der Waals surface area contributed by atoms with E-state index >= 15 is 0 Å². The Morgan fingerprint density at radius 1 is 1.15 bits per heavy atom. The van der Waals surface area contributed by atoms with Gasteiger partial charge in [-0.15, -0.1) is 0 Å². The van der Waals surface area contributed by atoms with Gasteiger partial charge in [-0.1, -0.05) is 53.5 Å². The number of benzene rings is 1. The van der Waals surface area contributed by atoms with Crippen molar-refractivity contribution in [2.45, 2.75) is 6.42 Å². The van der Waals surface area contributed by atoms with Crippen LogP contribution in [0.1, 0.15) is 5.56 Å². The smallest absolute Gasteiger partial charge is 0.0669 e. The van der Waals surface area contributed by atoms with Crippen molar-refractivity contribution >= 4 is 23.2 Å². The molecule has 0 fully saturated rings. The van der Waals surface area contributed by atoms with Crippen LogP contribution in [0.5, 0.6) is 0 Å². The van der Waals surface area contributed by atoms with Crippen molar-refractivity contribution in [3.05, 3.63) is 47.0 Å². The van der Waals surface area contributed by atoms with Crippen LogP contribution in [0.4, 0.5) is 0 Å². The van der Waals surface area contributed by atoms with E-state index < -0.39 is 0 Å². The average molecular weight is 214 g/mol. The lowest BCUT2D eigenvalue weighted by Crippen LogP contribution is -1.76. The van der Waals surface area contributed by atoms with E-state index in [2.05, 4.69) is 6.07 Å². The van der Waals surface area contributed by atoms with Crippen LogP contribution in [0.25, 0.3) is 0 Å². The van der Waals surface area contributed by atoms with E-state index in [4.69, 9.17) is 28.5 Å². The number of nitriles is 1. The fourth-order valence-electron chi connectivity index (χ4n) is 0.687. The highest BCUT2D eigenvalue weighted by molar-refractivity contribution is 6.33. The summed E-state index contributed by atoms with van der Waals surface area (Å²) in [7, 11) is 0. The third kappa shape index (κ3) is 7.39. The number of rotatable bonds is 1. The zero-order valence-corrected chi connectivity index (χ0v) is 8.46. The van der Waals surface area contributed by atoms with Gasteiger partial charge in [0.15, 0.2) is 0 Å². The van der Waals surface area contributed by atoms with Gasteiger partial charge in [0.25, 0.3) is 0 Å². The van der Waals surface area contributed by atoms with Gasteiger partial charge in [-0.25, -0.2) is 0 Å². The first-order chi connectivity index (χ1) is 6.35. The monoisotopic (exact) mass is 213 g/mol. The van der Waals surface area contributed by atoms with Crippen molar-refractivity contribution in [1.29, 1.82) is 5.26 Å². The van der Waals surface area contributed by atoms with E-state index in [-0.39, 0.29) is 0 Å². The molecule has 0 radical (unpaired) electrons. The summed E-state index contributed by atoms with van der Waals surface area (Å²) < 4.78 is 0. The maximum Gasteiger partial charge on any atom is 0.0669 e. The lowest BCUT2D eigenvalue weighted by molar-refractivity contribution is 1.26. The Balaban J connectivity index is 0.000000310. The first kappa shape index (κ1) is 12.0. The Bertz CT molecular complexity index is 271. The van der Waals surface area contributed by atoms with Gasteiger partial charge in [0.1, 0.15) is 0 Å². The van der Waals surface area contributed by atoms with Gasteiger partial charge in [-0.05, 0) is 5.56 Å². The van der Waals surface area contributed by atoms with Gasteiger partial charge in [-0.2, -0.15) is 5.26 Å². The van der Waals surface area contributed by atoms with Gasteiger partial charge < -0.3 is 0 Å². The van der Waals surface area contributed by atoms with E-state index in [0.717, 1.165) is 5.56 Å². The molecule has 0 aromatic heterocycles. The molecule has 3 heteroatoms. The standard InChI is InChI=1S/C8H7N.C2H2Cl2/c9-7-6-8-4-2-1-3-5-8;3-1-2-4/h1-5H,6H2;1-2H. The second-order valence-electron chi connectivity index (χ2n) is 2.07. The van der Waals surface area contributed by atoms with Crippen molar-refractivity contribution in [2.24, 2.45) is 0 Å². The van der Waals surface area contributed by atoms with Gasteiger partial charge in [0.05, 0.1) is 12.5 Å². The van der Waals surface area contributed by atoms with Gasteiger partial charge in [0, 0.05) is 11.1 Å². The maximum atomic E-state index is 8.27. The van der Waals surface area contributed by atoms with Crippen LogP contribution in [-0.2, 0) is 6.42 Å². The predicted octanol–water partition coefficient (Wildman–Crippen LogP) is 3.69. The third-order valence-corrected chi connectivity index (χ3v) is 1.55. The van der Waals surface area contributed by atoms with Crippen LogP contribution < -0.4 is 0 Å². The summed E-state index contributed by atoms with van der Waals surface area (Å²) in [6.07, 6.45) is 0.515. The molecule has 1 aromatic carbocycles. The third-order valence-electron chi connectivity index (χ3n) is 1.17. The molecular formula is C10H9Cl2N. The van der Waals surface area contributed by atoms with Crippen molar-refractivity contribution in [2.75, 3.05) is 0 Å². The summed E-state index contributed by atoms with van der Waals surface area (Å²) in [4.78, 5) is 0. The van der Waals surface area contributed by atoms with Gasteiger partial charge in [0.2, 0.25) is 0 Å². The molecule has 0 saturated heterocycles. The second-order valence-corrected chi connectivity index (χ2v) is 2.58. The zero-order valence-electron chi connectivity index (χ0n) is 6.95. The molecule has 0 unspecified atom stereocenters. The maximum absolute atomic E-state index is 8.27. The zero-order chi connectivity index (χ0) is 9.94. The fourth-order valence-corrected chi connectivity index (χ4v) is 0.687. The number of hydrogen-bond donors (Lipinski definition) is 0. The molecule has 0 amide bonds. The number of nitrogens with zero attached hydrogens (tertiary/aromatic N) is 1. The molecular weight excluding hydrogens is 205 g/mol. The normalized spacial score (nSPS) is 8.69. The Hall–Kier alpha value is -0.970. The van der Waals surface area contributed by atoms with E-state index in [9.17, 15) is 0 Å². The lowest BCUT2D eigenvalue weighted by atomic mass is 10.2. The fraction of sp³-hybridized carbons (Fsp3) is 0.100. The minimum absolute atomic E-state index is 0.515. The van der Waals surface area contributed by atoms with E-state index in [1.807, 2.05) is 30.3 Å². The Morgan fingerprint density at radius 2 is 1.69 bits per heavy atom. The van der Waals surface area contributed by atoms with E-state index in [1.165, 1.54) is 11.1 Å². The number of hydrogen-bond acceptors (Lipinski definition) is 1. The molecule has 68 valence electrons. The van der Waals surface area contributed by atoms with Crippen LogP contribution >= 0.6 is 23.2 Å². The first-order valence-electron chi connectivity index (χ1n) is 3.61. The van der Waals surface area contributed by atoms with Gasteiger partial charge in [-0.3, -0.25) is 0 Å². The molecule has 0 bridgehead atoms. The highest BCUT2D eigenvalue weighted by Crippen LogP contribution is 1.96. The summed E-state index contributed by atoms with van der Waals surface area (Å²) in [5.74, 6) is 0. The molecule has 0 N–H and O–H groups in total. The lowest BCUT2D eigenvalue weighted by Gasteiger charge is -1.88. The molecule has 0 spiro atoms. The van der Waals surface area contributed by atoms with Gasteiger partial charge >= 0.3 is 0 Å². The summed E-state index contributed by atoms with van der Waals surface area (Å²) in [5, 5.41) is 8.27. The SMILES string of the molecule is ClC=CCl.N#CCc1ccccc1. The Morgan fingerprint density at radius 3 is 2.08 bits per heavy atom. The Kier molecular flexibility index (Phi) is 8.44. The first-order valence-corrected chi connectivity index (χ1v) is 4.48. The van der Waals surface area contributed by atoms with Crippen LogP contribution in [-0.4, -0.2) is 0 Å². The van der Waals surface area contributed by atoms with Crippen LogP contribution in [0.2, 0.25) is 0 Å². The summed E-state index contributed by atoms with van der Waals surface area (Å²) in [5.41, 5.74) is 3.56. The summed E-state index contributed by atoms with van der Waals surface area (Å²) in [6, 6.07) is 11.8. The molecule has 0 saturated carbocycles. The van der Waals surface area contributed by atoms with E-state index in [1.54, 1.807) is 0 Å². The largest absolute Gasteiger partial charge is 0.198 e. The molecule has 1 rings (SSSR count). The predicted molar refractivity (Wildman–Crippen MR) is 56.6 cm³/mol. The van der Waals surface area contributed by atoms with E-state index in [0.29, 0.717) is 6.42 Å². The van der Waals surface area contributed by atoms with Crippen LogP contribution in [0.3, 0.4) is 0 Å². The molecule has 1 nitrogen and oxygen atoms in total. The average Bonchev–Trinajstić information content (AvgIpc) is 2.20. The molecule has 0 atom stereocenters. The molecule has 0 aliphatic rings. The van der Waals surface area contributed by atoms with Crippen molar-refractivity contribution in [1.82, 2.24) is 0 Å². The quantitative estimate of drug-likeness (QED) is 0.699. The minimum atomic E-state index is 0.515. The summed E-state index contributed by atoms with van der Waals surface area (Å²) in [6.45, 7) is 0. The van der Waals surface area contributed by atoms with Crippen molar-refractivity contribution in [3.63, 3.8) is 0 Å². The van der Waals surface area contributed by atoms with Crippen LogP contribution in [0, 0.1) is 11.3 Å². The topological polar surface area (TPSA) is 23.8 Å². The highest BCUT2D eigenvalue weighted by Gasteiger charge is 1.84. The van der Waals surface area contributed by atoms with Crippen LogP contribution in [0.15, 0.2) is 41.4 Å². The second kappa shape index (κ2) is 9.12. The highest BCUT2D eigenvalue weighted by atomic mass is 35.5. The van der Waals surface area contributed by atoms with Crippen molar-refractivity contribution in [3.8, 4) is 6.07 Å². The van der Waals surface area contributed by atoms with Crippen molar-refractivity contribution < 1.29 is 0 Å². The molecule has 0 heterocycles. The molecule has 13 heavy (non-hydrogen) atoms. The minimum Gasteiger partial charge on any atom is -0.198 e. The summed E-state index contributed by atoms with van der Waals surface area (Å²) >= 11 is 9.75.